The van der Waals surface area contributed by atoms with E-state index in [0.29, 0.717) is 17.9 Å². The van der Waals surface area contributed by atoms with Gasteiger partial charge in [-0.25, -0.2) is 0 Å². The molecule has 0 aliphatic heterocycles. The molecule has 0 atom stereocenters. The summed E-state index contributed by atoms with van der Waals surface area (Å²) in [7, 11) is 0. The van der Waals surface area contributed by atoms with Gasteiger partial charge in [0.1, 0.15) is 28.6 Å². The van der Waals surface area contributed by atoms with Gasteiger partial charge in [-0.1, -0.05) is 12.1 Å². The van der Waals surface area contributed by atoms with Gasteiger partial charge in [0.05, 0.1) is 0 Å². The number of pyridine rings is 1. The van der Waals surface area contributed by atoms with Gasteiger partial charge in [0.2, 0.25) is 5.88 Å². The number of fused-ring (bicyclic) bond motifs is 1. The first kappa shape index (κ1) is 20.8. The van der Waals surface area contributed by atoms with E-state index in [9.17, 15) is 14.9 Å². The first-order valence-electron chi connectivity index (χ1n) is 9.52. The SMILES string of the molecule is CCNC(=O)/C(C#N)=C/c1c(Oc2cc(C)cc(C)c2)nc2c(C)cccn2c1=O. The number of hydrogen-bond donors (Lipinski definition) is 1. The number of rotatable bonds is 5. The van der Waals surface area contributed by atoms with E-state index in [0.717, 1.165) is 16.7 Å². The molecule has 30 heavy (non-hydrogen) atoms. The minimum Gasteiger partial charge on any atom is -0.438 e. The van der Waals surface area contributed by atoms with Crippen LogP contribution in [0.5, 0.6) is 11.6 Å². The number of hydrogen-bond acceptors (Lipinski definition) is 5. The maximum absolute atomic E-state index is 13.2. The van der Waals surface area contributed by atoms with Gasteiger partial charge in [-0.15, -0.1) is 0 Å². The number of ether oxygens (including phenoxy) is 1. The molecular formula is C23H22N4O3. The third-order valence-corrected chi connectivity index (χ3v) is 4.45. The first-order valence-corrected chi connectivity index (χ1v) is 9.52. The van der Waals surface area contributed by atoms with Crippen molar-refractivity contribution in [3.63, 3.8) is 0 Å². The van der Waals surface area contributed by atoms with E-state index >= 15 is 0 Å². The van der Waals surface area contributed by atoms with Crippen molar-refractivity contribution in [3.05, 3.63) is 74.7 Å². The Morgan fingerprint density at radius 1 is 1.27 bits per heavy atom. The van der Waals surface area contributed by atoms with E-state index < -0.39 is 11.5 Å². The van der Waals surface area contributed by atoms with Crippen LogP contribution < -0.4 is 15.6 Å². The molecule has 0 bridgehead atoms. The highest BCUT2D eigenvalue weighted by molar-refractivity contribution is 6.01. The second-order valence-corrected chi connectivity index (χ2v) is 6.98. The zero-order valence-corrected chi connectivity index (χ0v) is 17.3. The lowest BCUT2D eigenvalue weighted by Gasteiger charge is -2.12. The van der Waals surface area contributed by atoms with Crippen LogP contribution in [0.3, 0.4) is 0 Å². The number of nitriles is 1. The fourth-order valence-electron chi connectivity index (χ4n) is 3.15. The van der Waals surface area contributed by atoms with Crippen molar-refractivity contribution in [2.45, 2.75) is 27.7 Å². The molecule has 1 amide bonds. The molecule has 1 aromatic carbocycles. The van der Waals surface area contributed by atoms with E-state index in [4.69, 9.17) is 4.74 Å². The van der Waals surface area contributed by atoms with E-state index in [1.807, 2.05) is 51.1 Å². The summed E-state index contributed by atoms with van der Waals surface area (Å²) in [5.74, 6) is -0.00839. The van der Waals surface area contributed by atoms with Crippen LogP contribution in [0.2, 0.25) is 0 Å². The predicted octanol–water partition coefficient (Wildman–Crippen LogP) is 3.46. The van der Waals surface area contributed by atoms with Gasteiger partial charge in [-0.3, -0.25) is 14.0 Å². The van der Waals surface area contributed by atoms with Gasteiger partial charge >= 0.3 is 0 Å². The second kappa shape index (κ2) is 8.62. The van der Waals surface area contributed by atoms with Gasteiger partial charge in [-0.2, -0.15) is 10.2 Å². The van der Waals surface area contributed by atoms with Crippen LogP contribution in [0.15, 0.2) is 46.9 Å². The number of amides is 1. The summed E-state index contributed by atoms with van der Waals surface area (Å²) in [6.07, 6.45) is 2.82. The molecule has 0 saturated carbocycles. The van der Waals surface area contributed by atoms with Crippen molar-refractivity contribution in [2.75, 3.05) is 6.54 Å². The summed E-state index contributed by atoms with van der Waals surface area (Å²) >= 11 is 0. The van der Waals surface area contributed by atoms with Crippen LogP contribution in [-0.4, -0.2) is 21.8 Å². The highest BCUT2D eigenvalue weighted by Gasteiger charge is 2.18. The lowest BCUT2D eigenvalue weighted by Crippen LogP contribution is -2.25. The fourth-order valence-corrected chi connectivity index (χ4v) is 3.15. The molecule has 3 aromatic rings. The summed E-state index contributed by atoms with van der Waals surface area (Å²) in [6, 6.07) is 11.1. The van der Waals surface area contributed by atoms with Crippen molar-refractivity contribution in [3.8, 4) is 17.7 Å². The topological polar surface area (TPSA) is 96.5 Å². The van der Waals surface area contributed by atoms with Crippen molar-refractivity contribution < 1.29 is 9.53 Å². The van der Waals surface area contributed by atoms with E-state index in [-0.39, 0.29) is 17.0 Å². The van der Waals surface area contributed by atoms with Crippen LogP contribution in [0.4, 0.5) is 0 Å². The van der Waals surface area contributed by atoms with E-state index in [1.165, 1.54) is 10.5 Å². The lowest BCUT2D eigenvalue weighted by molar-refractivity contribution is -0.116. The standard InChI is InChI=1S/C23H22N4O3/c1-5-25-21(28)17(13-24)12-19-22(30-18-10-14(2)9-15(3)11-18)26-20-16(4)7-6-8-27(20)23(19)29/h6-12H,5H2,1-4H3,(H,25,28)/b17-12+. The van der Waals surface area contributed by atoms with Crippen molar-refractivity contribution in [1.29, 1.82) is 5.26 Å². The summed E-state index contributed by atoms with van der Waals surface area (Å²) in [5.41, 5.74) is 2.62. The van der Waals surface area contributed by atoms with Crippen molar-refractivity contribution >= 4 is 17.6 Å². The summed E-state index contributed by atoms with van der Waals surface area (Å²) in [5, 5.41) is 12.0. The van der Waals surface area contributed by atoms with E-state index in [2.05, 4.69) is 10.3 Å². The smallest absolute Gasteiger partial charge is 0.269 e. The van der Waals surface area contributed by atoms with Gasteiger partial charge in [0.25, 0.3) is 11.5 Å². The monoisotopic (exact) mass is 402 g/mol. The number of nitrogens with one attached hydrogen (secondary N) is 1. The Balaban J connectivity index is 2.27. The molecular weight excluding hydrogens is 380 g/mol. The van der Waals surface area contributed by atoms with Gasteiger partial charge in [-0.05, 0) is 68.7 Å². The fraction of sp³-hybridized carbons (Fsp3) is 0.217. The van der Waals surface area contributed by atoms with Crippen LogP contribution in [-0.2, 0) is 4.79 Å². The molecule has 0 saturated heterocycles. The number of benzene rings is 1. The number of aryl methyl sites for hydroxylation is 3. The number of nitrogens with zero attached hydrogens (tertiary/aromatic N) is 3. The number of aromatic nitrogens is 2. The van der Waals surface area contributed by atoms with Gasteiger partial charge < -0.3 is 10.1 Å². The van der Waals surface area contributed by atoms with Crippen LogP contribution in [0, 0.1) is 32.1 Å². The van der Waals surface area contributed by atoms with Crippen LogP contribution in [0.1, 0.15) is 29.2 Å². The molecule has 0 spiro atoms. The minimum atomic E-state index is -0.564. The van der Waals surface area contributed by atoms with Crippen LogP contribution >= 0.6 is 0 Å². The quantitative estimate of drug-likeness (QED) is 0.521. The number of carbonyl (C=O) groups is 1. The van der Waals surface area contributed by atoms with Crippen molar-refractivity contribution in [2.24, 2.45) is 0 Å². The largest absolute Gasteiger partial charge is 0.438 e. The molecule has 0 aliphatic rings. The molecule has 0 unspecified atom stereocenters. The van der Waals surface area contributed by atoms with Gasteiger partial charge in [0, 0.05) is 12.7 Å². The van der Waals surface area contributed by atoms with E-state index in [1.54, 1.807) is 19.2 Å². The maximum Gasteiger partial charge on any atom is 0.269 e. The Bertz CT molecular complexity index is 1250. The highest BCUT2D eigenvalue weighted by atomic mass is 16.5. The van der Waals surface area contributed by atoms with Crippen molar-refractivity contribution in [1.82, 2.24) is 14.7 Å². The number of likely N-dealkylation sites (N-methyl/N-ethyl adjacent to an activating group) is 1. The zero-order chi connectivity index (χ0) is 21.8. The Morgan fingerprint density at radius 2 is 1.97 bits per heavy atom. The molecule has 1 N–H and O–H groups in total. The second-order valence-electron chi connectivity index (χ2n) is 6.98. The normalized spacial score (nSPS) is 11.2. The summed E-state index contributed by atoms with van der Waals surface area (Å²) in [4.78, 5) is 29.9. The molecule has 2 heterocycles. The number of carbonyl (C=O) groups excluding carboxylic acids is 1. The molecule has 3 rings (SSSR count). The maximum atomic E-state index is 13.2. The molecule has 7 heteroatoms. The molecule has 0 radical (unpaired) electrons. The molecule has 0 aliphatic carbocycles. The Labute approximate surface area is 174 Å². The highest BCUT2D eigenvalue weighted by Crippen LogP contribution is 2.26. The molecule has 2 aromatic heterocycles. The van der Waals surface area contributed by atoms with Gasteiger partial charge in [0.15, 0.2) is 0 Å². The minimum absolute atomic E-state index is 0.0278. The Morgan fingerprint density at radius 3 is 2.60 bits per heavy atom. The average molecular weight is 402 g/mol. The summed E-state index contributed by atoms with van der Waals surface area (Å²) < 4.78 is 7.37. The predicted molar refractivity (Wildman–Crippen MR) is 114 cm³/mol. The lowest BCUT2D eigenvalue weighted by atomic mass is 10.1. The van der Waals surface area contributed by atoms with Crippen LogP contribution in [0.25, 0.3) is 11.7 Å². The third-order valence-electron chi connectivity index (χ3n) is 4.45. The third kappa shape index (κ3) is 4.23. The molecule has 7 nitrogen and oxygen atoms in total. The Kier molecular flexibility index (Phi) is 5.98. The summed E-state index contributed by atoms with van der Waals surface area (Å²) in [6.45, 7) is 7.83. The first-order chi connectivity index (χ1) is 14.3. The zero-order valence-electron chi connectivity index (χ0n) is 17.3. The molecule has 0 fully saturated rings. The molecule has 152 valence electrons. The Hall–Kier alpha value is -3.92. The average Bonchev–Trinajstić information content (AvgIpc) is 2.68.